The maximum Gasteiger partial charge on any atom is 0.123 e. The zero-order valence-corrected chi connectivity index (χ0v) is 19.2. The SMILES string of the molecule is CCCCP(CCCC)Cc1c(C2CC2)nc2ccccc2c1-c1ccc(F)cc1. The minimum Gasteiger partial charge on any atom is -0.252 e. The molecule has 3 aromatic rings. The lowest BCUT2D eigenvalue weighted by molar-refractivity contribution is 0.628. The number of nitrogens with zero attached hydrogens (tertiary/aromatic N) is 1. The third-order valence-corrected chi connectivity index (χ3v) is 8.82. The number of pyridine rings is 1. The van der Waals surface area contributed by atoms with Crippen molar-refractivity contribution in [2.24, 2.45) is 0 Å². The van der Waals surface area contributed by atoms with Gasteiger partial charge in [-0.15, -0.1) is 7.92 Å². The van der Waals surface area contributed by atoms with E-state index in [2.05, 4.69) is 38.1 Å². The first-order chi connectivity index (χ1) is 14.7. The Balaban J connectivity index is 1.86. The molecule has 0 unspecified atom stereocenters. The highest BCUT2D eigenvalue weighted by molar-refractivity contribution is 7.56. The molecule has 30 heavy (non-hydrogen) atoms. The lowest BCUT2D eigenvalue weighted by atomic mass is 9.93. The molecule has 3 heteroatoms. The number of halogens is 1. The van der Waals surface area contributed by atoms with Crippen LogP contribution in [0.15, 0.2) is 48.5 Å². The highest BCUT2D eigenvalue weighted by Crippen LogP contribution is 2.50. The molecule has 0 amide bonds. The molecule has 158 valence electrons. The van der Waals surface area contributed by atoms with Crippen LogP contribution in [0.3, 0.4) is 0 Å². The first kappa shape index (κ1) is 21.4. The van der Waals surface area contributed by atoms with E-state index in [0.29, 0.717) is 5.92 Å². The normalized spacial score (nSPS) is 14.0. The molecule has 1 aliphatic rings. The number of rotatable bonds is 10. The first-order valence-electron chi connectivity index (χ1n) is 11.6. The zero-order chi connectivity index (χ0) is 20.9. The monoisotopic (exact) mass is 421 g/mol. The molecule has 0 spiro atoms. The van der Waals surface area contributed by atoms with E-state index in [0.717, 1.165) is 17.2 Å². The van der Waals surface area contributed by atoms with Gasteiger partial charge in [0.25, 0.3) is 0 Å². The van der Waals surface area contributed by atoms with E-state index in [1.807, 2.05) is 12.1 Å². The summed E-state index contributed by atoms with van der Waals surface area (Å²) in [5, 5.41) is 1.21. The second kappa shape index (κ2) is 10.0. The maximum atomic E-state index is 13.7. The van der Waals surface area contributed by atoms with E-state index in [1.54, 1.807) is 12.1 Å². The van der Waals surface area contributed by atoms with Gasteiger partial charge in [-0.2, -0.15) is 0 Å². The van der Waals surface area contributed by atoms with Crippen LogP contribution >= 0.6 is 7.92 Å². The fourth-order valence-electron chi connectivity index (χ4n) is 4.33. The van der Waals surface area contributed by atoms with E-state index < -0.39 is 0 Å². The Morgan fingerprint density at radius 1 is 0.933 bits per heavy atom. The number of fused-ring (bicyclic) bond motifs is 1. The van der Waals surface area contributed by atoms with Crippen LogP contribution in [0.5, 0.6) is 0 Å². The van der Waals surface area contributed by atoms with Crippen LogP contribution in [0.1, 0.15) is 69.5 Å². The molecule has 1 heterocycles. The highest BCUT2D eigenvalue weighted by atomic mass is 31.1. The number of hydrogen-bond donors (Lipinski definition) is 0. The quantitative estimate of drug-likeness (QED) is 0.299. The van der Waals surface area contributed by atoms with Gasteiger partial charge in [0.1, 0.15) is 5.82 Å². The van der Waals surface area contributed by atoms with Crippen LogP contribution in [-0.4, -0.2) is 17.3 Å². The van der Waals surface area contributed by atoms with Crippen molar-refractivity contribution in [2.45, 2.75) is 64.5 Å². The average Bonchev–Trinajstić information content (AvgIpc) is 3.61. The molecule has 0 atom stereocenters. The lowest BCUT2D eigenvalue weighted by Gasteiger charge is -2.23. The van der Waals surface area contributed by atoms with E-state index in [-0.39, 0.29) is 13.7 Å². The molecular formula is C27H33FNP. The first-order valence-corrected chi connectivity index (χ1v) is 13.5. The Labute approximate surface area is 181 Å². The summed E-state index contributed by atoms with van der Waals surface area (Å²) in [7, 11) is -0.0442. The van der Waals surface area contributed by atoms with Crippen molar-refractivity contribution in [1.82, 2.24) is 4.98 Å². The zero-order valence-electron chi connectivity index (χ0n) is 18.3. The van der Waals surface area contributed by atoms with Crippen LogP contribution in [0, 0.1) is 5.82 Å². The Kier molecular flexibility index (Phi) is 7.16. The predicted molar refractivity (Wildman–Crippen MR) is 129 cm³/mol. The van der Waals surface area contributed by atoms with Crippen LogP contribution in [-0.2, 0) is 6.16 Å². The molecule has 0 N–H and O–H groups in total. The van der Waals surface area contributed by atoms with Crippen molar-refractivity contribution in [2.75, 3.05) is 12.3 Å². The van der Waals surface area contributed by atoms with Gasteiger partial charge in [0.15, 0.2) is 0 Å². The van der Waals surface area contributed by atoms with E-state index >= 15 is 0 Å². The minimum atomic E-state index is -0.172. The Bertz CT molecular complexity index is 970. The van der Waals surface area contributed by atoms with Crippen molar-refractivity contribution < 1.29 is 4.39 Å². The van der Waals surface area contributed by atoms with Crippen LogP contribution in [0.2, 0.25) is 0 Å². The summed E-state index contributed by atoms with van der Waals surface area (Å²) < 4.78 is 13.7. The lowest BCUT2D eigenvalue weighted by Crippen LogP contribution is -2.04. The third-order valence-electron chi connectivity index (χ3n) is 6.16. The molecule has 2 aromatic carbocycles. The fourth-order valence-corrected chi connectivity index (χ4v) is 7.16. The van der Waals surface area contributed by atoms with Crippen molar-refractivity contribution in [3.63, 3.8) is 0 Å². The van der Waals surface area contributed by atoms with Crippen LogP contribution < -0.4 is 0 Å². The van der Waals surface area contributed by atoms with Gasteiger partial charge >= 0.3 is 0 Å². The summed E-state index contributed by atoms with van der Waals surface area (Å²) in [6.45, 7) is 4.59. The van der Waals surface area contributed by atoms with Gasteiger partial charge in [-0.05, 0) is 79.1 Å². The standard InChI is InChI=1S/C27H33FNP/c1-3-5-17-30(18-6-4-2)19-24-26(20-13-15-22(28)16-14-20)23-9-7-8-10-25(23)29-27(24)21-11-12-21/h7-10,13-16,21H,3-6,11-12,17-19H2,1-2H3. The molecule has 0 bridgehead atoms. The van der Waals surface area contributed by atoms with Gasteiger partial charge in [-0.3, -0.25) is 4.98 Å². The van der Waals surface area contributed by atoms with Crippen molar-refractivity contribution in [3.05, 3.63) is 65.6 Å². The molecule has 1 aliphatic carbocycles. The van der Waals surface area contributed by atoms with Gasteiger partial charge in [0.05, 0.1) is 5.52 Å². The van der Waals surface area contributed by atoms with Crippen molar-refractivity contribution >= 4 is 18.8 Å². The van der Waals surface area contributed by atoms with Crippen molar-refractivity contribution in [1.29, 1.82) is 0 Å². The largest absolute Gasteiger partial charge is 0.252 e. The summed E-state index contributed by atoms with van der Waals surface area (Å²) in [5.41, 5.74) is 6.30. The average molecular weight is 422 g/mol. The topological polar surface area (TPSA) is 12.9 Å². The van der Waals surface area contributed by atoms with Gasteiger partial charge in [-0.25, -0.2) is 4.39 Å². The molecule has 1 fully saturated rings. The Morgan fingerprint density at radius 2 is 1.60 bits per heavy atom. The summed E-state index contributed by atoms with van der Waals surface area (Å²) in [6, 6.07) is 15.6. The minimum absolute atomic E-state index is 0.0442. The molecule has 0 saturated heterocycles. The Morgan fingerprint density at radius 3 is 2.23 bits per heavy atom. The highest BCUT2D eigenvalue weighted by Gasteiger charge is 2.31. The van der Waals surface area contributed by atoms with Gasteiger partial charge in [0, 0.05) is 17.0 Å². The van der Waals surface area contributed by atoms with Crippen LogP contribution in [0.25, 0.3) is 22.0 Å². The maximum absolute atomic E-state index is 13.7. The number of para-hydroxylation sites is 1. The molecule has 1 saturated carbocycles. The van der Waals surface area contributed by atoms with Gasteiger partial charge < -0.3 is 0 Å². The van der Waals surface area contributed by atoms with E-state index in [4.69, 9.17) is 4.98 Å². The summed E-state index contributed by atoms with van der Waals surface area (Å²) in [4.78, 5) is 5.19. The van der Waals surface area contributed by atoms with Crippen molar-refractivity contribution in [3.8, 4) is 11.1 Å². The molecular weight excluding hydrogens is 388 g/mol. The van der Waals surface area contributed by atoms with Gasteiger partial charge in [0.2, 0.25) is 0 Å². The second-order valence-corrected chi connectivity index (χ2v) is 11.2. The number of unbranched alkanes of at least 4 members (excludes halogenated alkanes) is 2. The molecule has 0 radical (unpaired) electrons. The summed E-state index contributed by atoms with van der Waals surface area (Å²) >= 11 is 0. The second-order valence-electron chi connectivity index (χ2n) is 8.63. The number of hydrogen-bond acceptors (Lipinski definition) is 1. The molecule has 0 aliphatic heterocycles. The van der Waals surface area contributed by atoms with E-state index in [9.17, 15) is 4.39 Å². The Hall–Kier alpha value is -1.79. The molecule has 4 rings (SSSR count). The van der Waals surface area contributed by atoms with Crippen LogP contribution in [0.4, 0.5) is 4.39 Å². The predicted octanol–water partition coefficient (Wildman–Crippen LogP) is 8.50. The summed E-state index contributed by atoms with van der Waals surface area (Å²) in [6.07, 6.45) is 11.5. The summed E-state index contributed by atoms with van der Waals surface area (Å²) in [5.74, 6) is 0.437. The molecule has 1 nitrogen and oxygen atoms in total. The fraction of sp³-hybridized carbons (Fsp3) is 0.444. The smallest absolute Gasteiger partial charge is 0.123 e. The number of aromatic nitrogens is 1. The third kappa shape index (κ3) is 4.92. The number of benzene rings is 2. The van der Waals surface area contributed by atoms with Gasteiger partial charge in [-0.1, -0.05) is 57.0 Å². The van der Waals surface area contributed by atoms with E-state index in [1.165, 1.54) is 73.1 Å². The molecule has 1 aromatic heterocycles.